The molecule has 5 nitrogen and oxygen atoms in total. The third-order valence-electron chi connectivity index (χ3n) is 4.95. The average Bonchev–Trinajstić information content (AvgIpc) is 3.23. The van der Waals surface area contributed by atoms with E-state index in [0.29, 0.717) is 11.4 Å². The van der Waals surface area contributed by atoms with Crippen LogP contribution in [0.2, 0.25) is 0 Å². The van der Waals surface area contributed by atoms with Crippen molar-refractivity contribution in [2.45, 2.75) is 69.7 Å². The van der Waals surface area contributed by atoms with Crippen molar-refractivity contribution in [3.63, 3.8) is 0 Å². The van der Waals surface area contributed by atoms with Crippen molar-refractivity contribution >= 4 is 10.0 Å². The molecule has 2 heterocycles. The minimum atomic E-state index is -3.55. The van der Waals surface area contributed by atoms with Gasteiger partial charge in [0, 0.05) is 19.0 Å². The van der Waals surface area contributed by atoms with Crippen molar-refractivity contribution in [1.82, 2.24) is 9.46 Å². The summed E-state index contributed by atoms with van der Waals surface area (Å²) in [5.41, 5.74) is 1.84. The van der Waals surface area contributed by atoms with E-state index in [-0.39, 0.29) is 11.5 Å². The molecule has 6 heteroatoms. The van der Waals surface area contributed by atoms with E-state index in [4.69, 9.17) is 4.52 Å². The van der Waals surface area contributed by atoms with Crippen LogP contribution in [0.1, 0.15) is 70.0 Å². The molecule has 1 atom stereocenters. The van der Waals surface area contributed by atoms with Crippen LogP contribution >= 0.6 is 0 Å². The summed E-state index contributed by atoms with van der Waals surface area (Å²) in [4.78, 5) is 0.342. The first-order valence-corrected chi connectivity index (χ1v) is 10.8. The van der Waals surface area contributed by atoms with E-state index >= 15 is 0 Å². The van der Waals surface area contributed by atoms with E-state index in [1.54, 1.807) is 16.4 Å². The van der Waals surface area contributed by atoms with Gasteiger partial charge in [-0.25, -0.2) is 8.42 Å². The predicted octanol–water partition coefficient (Wildman–Crippen LogP) is 4.45. The van der Waals surface area contributed by atoms with Crippen molar-refractivity contribution in [1.29, 1.82) is 0 Å². The second-order valence-electron chi connectivity index (χ2n) is 8.02. The summed E-state index contributed by atoms with van der Waals surface area (Å²) in [6.07, 6.45) is 3.40. The summed E-state index contributed by atoms with van der Waals surface area (Å²) in [5.74, 6) is 0.821. The maximum Gasteiger partial charge on any atom is 0.243 e. The Morgan fingerprint density at radius 3 is 2.54 bits per heavy atom. The fourth-order valence-corrected chi connectivity index (χ4v) is 5.10. The first-order valence-electron chi connectivity index (χ1n) is 9.31. The molecular formula is C20H28N2O3S. The van der Waals surface area contributed by atoms with Crippen LogP contribution in [0.5, 0.6) is 0 Å². The third-order valence-corrected chi connectivity index (χ3v) is 6.87. The normalized spacial score (nSPS) is 19.2. The number of hydrogen-bond acceptors (Lipinski definition) is 4. The molecule has 0 unspecified atom stereocenters. The second kappa shape index (κ2) is 7.16. The first kappa shape index (κ1) is 19.1. The van der Waals surface area contributed by atoms with Gasteiger partial charge in [-0.2, -0.15) is 4.31 Å². The van der Waals surface area contributed by atoms with Crippen molar-refractivity contribution in [3.8, 4) is 0 Å². The van der Waals surface area contributed by atoms with Gasteiger partial charge in [0.1, 0.15) is 11.5 Å². The average molecular weight is 377 g/mol. The zero-order valence-corrected chi connectivity index (χ0v) is 16.8. The number of aryl methyl sites for hydroxylation is 1. The van der Waals surface area contributed by atoms with Gasteiger partial charge in [-0.3, -0.25) is 0 Å². The second-order valence-corrected chi connectivity index (χ2v) is 9.91. The lowest BCUT2D eigenvalue weighted by molar-refractivity contribution is 0.343. The Balaban J connectivity index is 1.87. The van der Waals surface area contributed by atoms with Crippen LogP contribution in [0.4, 0.5) is 0 Å². The molecule has 2 aromatic rings. The summed E-state index contributed by atoms with van der Waals surface area (Å²) >= 11 is 0. The van der Waals surface area contributed by atoms with E-state index in [1.807, 2.05) is 18.2 Å². The monoisotopic (exact) mass is 376 g/mol. The molecule has 0 spiro atoms. The zero-order chi connectivity index (χ0) is 18.9. The molecule has 142 valence electrons. The molecule has 1 aliphatic heterocycles. The van der Waals surface area contributed by atoms with Gasteiger partial charge in [0.2, 0.25) is 10.0 Å². The highest BCUT2D eigenvalue weighted by molar-refractivity contribution is 7.89. The predicted molar refractivity (Wildman–Crippen MR) is 102 cm³/mol. The van der Waals surface area contributed by atoms with Crippen LogP contribution in [0, 0.1) is 0 Å². The minimum absolute atomic E-state index is 0.00510. The summed E-state index contributed by atoms with van der Waals surface area (Å²) in [6, 6.07) is 8.93. The van der Waals surface area contributed by atoms with E-state index in [0.717, 1.165) is 42.7 Å². The Kier molecular flexibility index (Phi) is 5.26. The quantitative estimate of drug-likeness (QED) is 0.773. The Hall–Kier alpha value is -1.66. The maximum atomic E-state index is 13.2. The van der Waals surface area contributed by atoms with Crippen molar-refractivity contribution in [2.75, 3.05) is 6.54 Å². The van der Waals surface area contributed by atoms with E-state index < -0.39 is 10.0 Å². The molecule has 0 N–H and O–H groups in total. The van der Waals surface area contributed by atoms with Crippen LogP contribution in [0.3, 0.4) is 0 Å². The van der Waals surface area contributed by atoms with Gasteiger partial charge >= 0.3 is 0 Å². The summed E-state index contributed by atoms with van der Waals surface area (Å²) < 4.78 is 33.3. The van der Waals surface area contributed by atoms with E-state index in [9.17, 15) is 8.42 Å². The summed E-state index contributed by atoms with van der Waals surface area (Å²) in [6.45, 7) is 8.95. The van der Waals surface area contributed by atoms with Gasteiger partial charge in [0.25, 0.3) is 0 Å². The molecule has 0 radical (unpaired) electrons. The van der Waals surface area contributed by atoms with Crippen LogP contribution in [-0.2, 0) is 21.9 Å². The maximum absolute atomic E-state index is 13.2. The minimum Gasteiger partial charge on any atom is -0.361 e. The molecule has 26 heavy (non-hydrogen) atoms. The largest absolute Gasteiger partial charge is 0.361 e. The molecular weight excluding hydrogens is 348 g/mol. The molecule has 1 aromatic carbocycles. The number of benzene rings is 1. The van der Waals surface area contributed by atoms with Gasteiger partial charge in [-0.05, 0) is 42.4 Å². The Bertz CT molecular complexity index is 848. The van der Waals surface area contributed by atoms with Crippen molar-refractivity contribution in [2.24, 2.45) is 0 Å². The fourth-order valence-electron chi connectivity index (χ4n) is 3.44. The highest BCUT2D eigenvalue weighted by Crippen LogP contribution is 2.36. The molecule has 1 fully saturated rings. The van der Waals surface area contributed by atoms with Gasteiger partial charge in [0.15, 0.2) is 0 Å². The molecule has 1 saturated heterocycles. The van der Waals surface area contributed by atoms with Crippen molar-refractivity contribution in [3.05, 3.63) is 47.3 Å². The lowest BCUT2D eigenvalue weighted by atomic mass is 9.87. The fraction of sp³-hybridized carbons (Fsp3) is 0.550. The molecule has 0 saturated carbocycles. The number of aromatic nitrogens is 1. The highest BCUT2D eigenvalue weighted by atomic mass is 32.2. The highest BCUT2D eigenvalue weighted by Gasteiger charge is 2.38. The molecule has 0 bridgehead atoms. The topological polar surface area (TPSA) is 63.4 Å². The summed E-state index contributed by atoms with van der Waals surface area (Å²) in [7, 11) is -3.55. The standard InChI is InChI=1S/C20H28N2O3S/c1-5-7-16-14-18(21-25-16)19-8-6-13-22(19)26(23,24)17-11-9-15(10-12-17)20(2,3)4/h9-12,14,19H,5-8,13H2,1-4H3/t19-/m1/s1. The van der Waals surface area contributed by atoms with Gasteiger partial charge in [0.05, 0.1) is 10.9 Å². The SMILES string of the molecule is CCCc1cc([C@H]2CCCN2S(=O)(=O)c2ccc(C(C)(C)C)cc2)no1. The van der Waals surface area contributed by atoms with E-state index in [2.05, 4.69) is 32.9 Å². The van der Waals surface area contributed by atoms with Crippen molar-refractivity contribution < 1.29 is 12.9 Å². The van der Waals surface area contributed by atoms with Gasteiger partial charge in [-0.15, -0.1) is 0 Å². The third kappa shape index (κ3) is 3.71. The number of nitrogens with zero attached hydrogens (tertiary/aromatic N) is 2. The molecule has 0 amide bonds. The number of hydrogen-bond donors (Lipinski definition) is 0. The molecule has 1 aliphatic rings. The summed E-state index contributed by atoms with van der Waals surface area (Å²) in [5, 5.41) is 4.14. The molecule has 1 aromatic heterocycles. The van der Waals surface area contributed by atoms with Crippen LogP contribution in [-0.4, -0.2) is 24.4 Å². The van der Waals surface area contributed by atoms with Crippen LogP contribution in [0.25, 0.3) is 0 Å². The zero-order valence-electron chi connectivity index (χ0n) is 16.0. The Labute approximate surface area is 156 Å². The number of sulfonamides is 1. The van der Waals surface area contributed by atoms with Crippen LogP contribution in [0.15, 0.2) is 39.8 Å². The Morgan fingerprint density at radius 2 is 1.92 bits per heavy atom. The van der Waals surface area contributed by atoms with Crippen LogP contribution < -0.4 is 0 Å². The lowest BCUT2D eigenvalue weighted by Crippen LogP contribution is -2.31. The van der Waals surface area contributed by atoms with Gasteiger partial charge < -0.3 is 4.52 Å². The van der Waals surface area contributed by atoms with E-state index in [1.165, 1.54) is 0 Å². The number of rotatable bonds is 5. The van der Waals surface area contributed by atoms with Gasteiger partial charge in [-0.1, -0.05) is 45.0 Å². The smallest absolute Gasteiger partial charge is 0.243 e. The Morgan fingerprint density at radius 1 is 1.23 bits per heavy atom. The molecule has 0 aliphatic carbocycles. The lowest BCUT2D eigenvalue weighted by Gasteiger charge is -2.23. The first-order chi connectivity index (χ1) is 12.2. The molecule has 3 rings (SSSR count).